The lowest BCUT2D eigenvalue weighted by Crippen LogP contribution is -2.48. The molecule has 120 valence electrons. The SMILES string of the molecule is O=C(Cc1cccs1)NC(=S)NNC(=O)c1ccc(Cl)cc1Cl. The third kappa shape index (κ3) is 5.47. The molecule has 0 spiro atoms. The number of carbonyl (C=O) groups is 2. The first-order chi connectivity index (χ1) is 11.0. The van der Waals surface area contributed by atoms with Crippen LogP contribution < -0.4 is 16.2 Å². The molecule has 0 saturated carbocycles. The Morgan fingerprint density at radius 2 is 1.96 bits per heavy atom. The van der Waals surface area contributed by atoms with Gasteiger partial charge in [0.05, 0.1) is 17.0 Å². The van der Waals surface area contributed by atoms with Crippen molar-refractivity contribution < 1.29 is 9.59 Å². The van der Waals surface area contributed by atoms with Crippen LogP contribution in [0, 0.1) is 0 Å². The Balaban J connectivity index is 1.81. The van der Waals surface area contributed by atoms with E-state index in [4.69, 9.17) is 35.4 Å². The van der Waals surface area contributed by atoms with E-state index in [0.717, 1.165) is 4.88 Å². The van der Waals surface area contributed by atoms with Gasteiger partial charge in [0.25, 0.3) is 5.91 Å². The highest BCUT2D eigenvalue weighted by Gasteiger charge is 2.12. The average molecular weight is 388 g/mol. The Morgan fingerprint density at radius 1 is 1.17 bits per heavy atom. The van der Waals surface area contributed by atoms with Crippen LogP contribution in [0.4, 0.5) is 0 Å². The van der Waals surface area contributed by atoms with E-state index >= 15 is 0 Å². The molecule has 3 N–H and O–H groups in total. The van der Waals surface area contributed by atoms with E-state index < -0.39 is 5.91 Å². The molecule has 2 aromatic rings. The van der Waals surface area contributed by atoms with Gasteiger partial charge in [0.15, 0.2) is 5.11 Å². The summed E-state index contributed by atoms with van der Waals surface area (Å²) in [4.78, 5) is 24.6. The van der Waals surface area contributed by atoms with Crippen LogP contribution in [0.15, 0.2) is 35.7 Å². The van der Waals surface area contributed by atoms with Gasteiger partial charge >= 0.3 is 0 Å². The third-order valence-corrected chi connectivity index (χ3v) is 4.26. The first kappa shape index (κ1) is 17.7. The van der Waals surface area contributed by atoms with E-state index in [-0.39, 0.29) is 28.0 Å². The van der Waals surface area contributed by atoms with Gasteiger partial charge < -0.3 is 5.32 Å². The van der Waals surface area contributed by atoms with Gasteiger partial charge in [-0.25, -0.2) is 0 Å². The minimum Gasteiger partial charge on any atom is -0.301 e. The largest absolute Gasteiger partial charge is 0.301 e. The Morgan fingerprint density at radius 3 is 2.61 bits per heavy atom. The number of thiocarbonyl (C=S) groups is 1. The molecule has 0 radical (unpaired) electrons. The van der Waals surface area contributed by atoms with Crippen LogP contribution in [-0.4, -0.2) is 16.9 Å². The molecular formula is C14H11Cl2N3O2S2. The number of rotatable bonds is 3. The Kier molecular flexibility index (Phi) is 6.35. The van der Waals surface area contributed by atoms with Crippen molar-refractivity contribution in [3.05, 3.63) is 56.2 Å². The second-order valence-electron chi connectivity index (χ2n) is 4.34. The van der Waals surface area contributed by atoms with Crippen LogP contribution in [0.1, 0.15) is 15.2 Å². The lowest BCUT2D eigenvalue weighted by molar-refractivity contribution is -0.119. The van der Waals surface area contributed by atoms with E-state index in [0.29, 0.717) is 5.02 Å². The number of carbonyl (C=O) groups excluding carboxylic acids is 2. The van der Waals surface area contributed by atoms with Gasteiger partial charge in [0, 0.05) is 9.90 Å². The van der Waals surface area contributed by atoms with Crippen molar-refractivity contribution in [1.82, 2.24) is 16.2 Å². The van der Waals surface area contributed by atoms with Gasteiger partial charge in [-0.2, -0.15) is 0 Å². The molecular weight excluding hydrogens is 377 g/mol. The molecule has 2 amide bonds. The number of hydrogen-bond acceptors (Lipinski definition) is 4. The van der Waals surface area contributed by atoms with Crippen LogP contribution in [0.25, 0.3) is 0 Å². The molecule has 0 aliphatic heterocycles. The molecule has 0 saturated heterocycles. The van der Waals surface area contributed by atoms with Crippen LogP contribution in [-0.2, 0) is 11.2 Å². The quantitative estimate of drug-likeness (QED) is 0.559. The molecule has 0 atom stereocenters. The smallest absolute Gasteiger partial charge is 0.271 e. The lowest BCUT2D eigenvalue weighted by atomic mass is 10.2. The minimum atomic E-state index is -0.499. The maximum Gasteiger partial charge on any atom is 0.271 e. The normalized spacial score (nSPS) is 10.0. The molecule has 0 fully saturated rings. The maximum absolute atomic E-state index is 12.0. The van der Waals surface area contributed by atoms with Gasteiger partial charge in [0.2, 0.25) is 5.91 Å². The summed E-state index contributed by atoms with van der Waals surface area (Å²) in [6.45, 7) is 0. The highest BCUT2D eigenvalue weighted by molar-refractivity contribution is 7.80. The molecule has 0 aliphatic rings. The van der Waals surface area contributed by atoms with Gasteiger partial charge in [-0.1, -0.05) is 29.3 Å². The molecule has 0 bridgehead atoms. The van der Waals surface area contributed by atoms with Crippen molar-refractivity contribution in [2.75, 3.05) is 0 Å². The molecule has 1 heterocycles. The predicted molar refractivity (Wildman–Crippen MR) is 95.8 cm³/mol. The lowest BCUT2D eigenvalue weighted by Gasteiger charge is -2.11. The Labute approximate surface area is 151 Å². The van der Waals surface area contributed by atoms with Crippen LogP contribution >= 0.6 is 46.8 Å². The van der Waals surface area contributed by atoms with Crippen molar-refractivity contribution in [3.8, 4) is 0 Å². The summed E-state index contributed by atoms with van der Waals surface area (Å²) in [5.74, 6) is -0.773. The second-order valence-corrected chi connectivity index (χ2v) is 6.62. The summed E-state index contributed by atoms with van der Waals surface area (Å²) in [5.41, 5.74) is 5.03. The number of benzene rings is 1. The summed E-state index contributed by atoms with van der Waals surface area (Å²) >= 11 is 18.1. The Bertz CT molecular complexity index is 736. The van der Waals surface area contributed by atoms with Crippen LogP contribution in [0.5, 0.6) is 0 Å². The fourth-order valence-corrected chi connectivity index (χ4v) is 2.99. The van der Waals surface area contributed by atoms with Gasteiger partial charge in [-0.05, 0) is 41.9 Å². The van der Waals surface area contributed by atoms with E-state index in [9.17, 15) is 9.59 Å². The van der Waals surface area contributed by atoms with Crippen molar-refractivity contribution in [2.24, 2.45) is 0 Å². The standard InChI is InChI=1S/C14H11Cl2N3O2S2/c15-8-3-4-10(11(16)6-8)13(21)18-19-14(22)17-12(20)7-9-2-1-5-23-9/h1-6H,7H2,(H,18,21)(H2,17,19,20,22). The Hall–Kier alpha value is -1.67. The van der Waals surface area contributed by atoms with Gasteiger partial charge in [-0.3, -0.25) is 20.4 Å². The third-order valence-electron chi connectivity index (χ3n) is 2.63. The summed E-state index contributed by atoms with van der Waals surface area (Å²) in [6.07, 6.45) is 0.219. The topological polar surface area (TPSA) is 70.2 Å². The van der Waals surface area contributed by atoms with Gasteiger partial charge in [0.1, 0.15) is 0 Å². The first-order valence-corrected chi connectivity index (χ1v) is 8.37. The zero-order chi connectivity index (χ0) is 16.8. The number of nitrogens with one attached hydrogen (secondary N) is 3. The fraction of sp³-hybridized carbons (Fsp3) is 0.0714. The van der Waals surface area contributed by atoms with Crippen molar-refractivity contribution >= 4 is 63.7 Å². The molecule has 9 heteroatoms. The molecule has 23 heavy (non-hydrogen) atoms. The summed E-state index contributed by atoms with van der Waals surface area (Å²) in [7, 11) is 0. The number of hydrogen-bond donors (Lipinski definition) is 3. The number of amides is 2. The number of halogens is 2. The van der Waals surface area contributed by atoms with Crippen molar-refractivity contribution in [2.45, 2.75) is 6.42 Å². The van der Waals surface area contributed by atoms with Crippen molar-refractivity contribution in [1.29, 1.82) is 0 Å². The van der Waals surface area contributed by atoms with Crippen molar-refractivity contribution in [3.63, 3.8) is 0 Å². The number of thiophene rings is 1. The maximum atomic E-state index is 12.0. The summed E-state index contributed by atoms with van der Waals surface area (Å²) in [6, 6.07) is 8.20. The molecule has 1 aromatic carbocycles. The molecule has 0 unspecified atom stereocenters. The van der Waals surface area contributed by atoms with E-state index in [1.807, 2.05) is 17.5 Å². The average Bonchev–Trinajstić information content (AvgIpc) is 2.97. The van der Waals surface area contributed by atoms with Crippen LogP contribution in [0.2, 0.25) is 10.0 Å². The first-order valence-electron chi connectivity index (χ1n) is 6.33. The van der Waals surface area contributed by atoms with E-state index in [2.05, 4.69) is 16.2 Å². The van der Waals surface area contributed by atoms with Gasteiger partial charge in [-0.15, -0.1) is 11.3 Å². The number of hydrazine groups is 1. The molecule has 1 aromatic heterocycles. The highest BCUT2D eigenvalue weighted by Crippen LogP contribution is 2.20. The summed E-state index contributed by atoms with van der Waals surface area (Å²) in [5, 5.41) is 4.98. The monoisotopic (exact) mass is 387 g/mol. The molecule has 5 nitrogen and oxygen atoms in total. The zero-order valence-corrected chi connectivity index (χ0v) is 14.7. The van der Waals surface area contributed by atoms with E-state index in [1.54, 1.807) is 6.07 Å². The zero-order valence-electron chi connectivity index (χ0n) is 11.6. The predicted octanol–water partition coefficient (Wildman–Crippen LogP) is 2.93. The van der Waals surface area contributed by atoms with Crippen LogP contribution in [0.3, 0.4) is 0 Å². The second kappa shape index (κ2) is 8.26. The van der Waals surface area contributed by atoms with E-state index in [1.165, 1.54) is 23.5 Å². The fourth-order valence-electron chi connectivity index (χ4n) is 1.63. The highest BCUT2D eigenvalue weighted by atomic mass is 35.5. The summed E-state index contributed by atoms with van der Waals surface area (Å²) < 4.78 is 0. The molecule has 2 rings (SSSR count). The minimum absolute atomic E-state index is 0.00927. The molecule has 0 aliphatic carbocycles.